The normalized spacial score (nSPS) is 24.0. The zero-order valence-electron chi connectivity index (χ0n) is 14.1. The third kappa shape index (κ3) is 4.84. The van der Waals surface area contributed by atoms with Gasteiger partial charge in [-0.1, -0.05) is 13.3 Å². The lowest BCUT2D eigenvalue weighted by Gasteiger charge is -2.35. The van der Waals surface area contributed by atoms with Gasteiger partial charge in [0, 0.05) is 19.6 Å². The first-order valence-corrected chi connectivity index (χ1v) is 8.70. The van der Waals surface area contributed by atoms with Gasteiger partial charge in [0.15, 0.2) is 0 Å². The van der Waals surface area contributed by atoms with Crippen LogP contribution in [0.5, 0.6) is 0 Å². The Morgan fingerprint density at radius 2 is 1.75 bits per heavy atom. The van der Waals surface area contributed by atoms with Gasteiger partial charge >= 0.3 is 12.1 Å². The van der Waals surface area contributed by atoms with Crippen LogP contribution in [0.3, 0.4) is 0 Å². The summed E-state index contributed by atoms with van der Waals surface area (Å²) in [5.74, 6) is -1.61. The maximum atomic E-state index is 12.4. The van der Waals surface area contributed by atoms with Gasteiger partial charge in [-0.25, -0.2) is 0 Å². The van der Waals surface area contributed by atoms with Crippen LogP contribution >= 0.6 is 0 Å². The summed E-state index contributed by atoms with van der Waals surface area (Å²) >= 11 is 0. The van der Waals surface area contributed by atoms with Crippen LogP contribution in [-0.4, -0.2) is 66.6 Å². The molecule has 2 aliphatic rings. The molecule has 0 bridgehead atoms. The number of amides is 2. The lowest BCUT2D eigenvalue weighted by Crippen LogP contribution is -2.51. The topological polar surface area (TPSA) is 52.7 Å². The molecule has 2 heterocycles. The third-order valence-corrected chi connectivity index (χ3v) is 5.03. The van der Waals surface area contributed by atoms with Gasteiger partial charge in [0.1, 0.15) is 0 Å². The molecule has 2 fully saturated rings. The van der Waals surface area contributed by atoms with Crippen molar-refractivity contribution in [2.45, 2.75) is 51.2 Å². The molecule has 5 nitrogen and oxygen atoms in total. The molecule has 1 N–H and O–H groups in total. The highest BCUT2D eigenvalue weighted by Gasteiger charge is 2.43. The first-order valence-electron chi connectivity index (χ1n) is 8.70. The van der Waals surface area contributed by atoms with E-state index in [1.165, 1.54) is 0 Å². The Bertz CT molecular complexity index is 448. The van der Waals surface area contributed by atoms with Crippen LogP contribution in [-0.2, 0) is 9.59 Å². The quantitative estimate of drug-likeness (QED) is 0.842. The summed E-state index contributed by atoms with van der Waals surface area (Å²) in [6.45, 7) is 4.50. The van der Waals surface area contributed by atoms with Crippen molar-refractivity contribution in [3.8, 4) is 0 Å². The average Bonchev–Trinajstić information content (AvgIpc) is 2.58. The Kier molecular flexibility index (Phi) is 6.48. The summed E-state index contributed by atoms with van der Waals surface area (Å²) in [5.41, 5.74) is 0. The highest BCUT2D eigenvalue weighted by molar-refractivity contribution is 5.82. The van der Waals surface area contributed by atoms with Gasteiger partial charge in [0.05, 0.1) is 6.04 Å². The Hall–Kier alpha value is -1.31. The number of rotatable bonds is 4. The summed E-state index contributed by atoms with van der Waals surface area (Å²) in [6.07, 6.45) is -0.797. The minimum absolute atomic E-state index is 0.0188. The van der Waals surface area contributed by atoms with Crippen LogP contribution in [0.4, 0.5) is 13.2 Å². The molecule has 0 aromatic carbocycles. The predicted molar refractivity (Wildman–Crippen MR) is 83.3 cm³/mol. The Labute approximate surface area is 140 Å². The van der Waals surface area contributed by atoms with Gasteiger partial charge in [-0.3, -0.25) is 14.5 Å². The standard InChI is InChI=1S/C16H26F3N3O2/c1-2-21-8-4-3-5-13(21)14(23)20-11-12-6-9-22(10-7-12)15(24)16(17,18)19/h12-13H,2-11H2,1H3,(H,20,23)/t13-/m1/s1. The number of piperidine rings is 2. The molecular weight excluding hydrogens is 323 g/mol. The van der Waals surface area contributed by atoms with Gasteiger partial charge in [0.2, 0.25) is 5.91 Å². The van der Waals surface area contributed by atoms with Crippen LogP contribution in [0.25, 0.3) is 0 Å². The number of alkyl halides is 3. The minimum Gasteiger partial charge on any atom is -0.354 e. The number of carbonyl (C=O) groups is 2. The zero-order chi connectivity index (χ0) is 17.7. The van der Waals surface area contributed by atoms with E-state index >= 15 is 0 Å². The fourth-order valence-electron chi connectivity index (χ4n) is 3.55. The van der Waals surface area contributed by atoms with E-state index in [0.717, 1.165) is 37.3 Å². The summed E-state index contributed by atoms with van der Waals surface area (Å²) < 4.78 is 37.2. The van der Waals surface area contributed by atoms with E-state index < -0.39 is 12.1 Å². The van der Waals surface area contributed by atoms with Crippen molar-refractivity contribution in [2.75, 3.05) is 32.7 Å². The second kappa shape index (κ2) is 8.18. The number of carbonyl (C=O) groups excluding carboxylic acids is 2. The molecule has 2 aliphatic heterocycles. The first kappa shape index (κ1) is 19.0. The molecule has 2 amide bonds. The fourth-order valence-corrected chi connectivity index (χ4v) is 3.55. The molecule has 0 aliphatic carbocycles. The predicted octanol–water partition coefficient (Wildman–Crippen LogP) is 1.78. The second-order valence-corrected chi connectivity index (χ2v) is 6.62. The molecule has 24 heavy (non-hydrogen) atoms. The van der Waals surface area contributed by atoms with Crippen molar-refractivity contribution in [1.29, 1.82) is 0 Å². The number of nitrogens with zero attached hydrogens (tertiary/aromatic N) is 2. The Balaban J connectivity index is 1.74. The van der Waals surface area contributed by atoms with Crippen molar-refractivity contribution in [1.82, 2.24) is 15.1 Å². The Morgan fingerprint density at radius 1 is 1.08 bits per heavy atom. The van der Waals surface area contributed by atoms with E-state index in [1.54, 1.807) is 0 Å². The van der Waals surface area contributed by atoms with Crippen LogP contribution in [0.1, 0.15) is 39.0 Å². The van der Waals surface area contributed by atoms with Gasteiger partial charge < -0.3 is 10.2 Å². The number of halogens is 3. The number of likely N-dealkylation sites (tertiary alicyclic amines) is 2. The lowest BCUT2D eigenvalue weighted by molar-refractivity contribution is -0.186. The molecule has 1 atom stereocenters. The highest BCUT2D eigenvalue weighted by atomic mass is 19.4. The summed E-state index contributed by atoms with van der Waals surface area (Å²) in [5, 5.41) is 2.95. The van der Waals surface area contributed by atoms with Gasteiger partial charge in [0.25, 0.3) is 0 Å². The van der Waals surface area contributed by atoms with E-state index in [0.29, 0.717) is 19.4 Å². The van der Waals surface area contributed by atoms with Gasteiger partial charge in [-0.05, 0) is 44.7 Å². The van der Waals surface area contributed by atoms with Crippen LogP contribution < -0.4 is 5.32 Å². The molecule has 0 aromatic heterocycles. The van der Waals surface area contributed by atoms with E-state index in [9.17, 15) is 22.8 Å². The highest BCUT2D eigenvalue weighted by Crippen LogP contribution is 2.24. The molecule has 0 aromatic rings. The molecule has 8 heteroatoms. The smallest absolute Gasteiger partial charge is 0.354 e. The fraction of sp³-hybridized carbons (Fsp3) is 0.875. The van der Waals surface area contributed by atoms with Crippen LogP contribution in [0.2, 0.25) is 0 Å². The van der Waals surface area contributed by atoms with Crippen molar-refractivity contribution in [3.05, 3.63) is 0 Å². The van der Waals surface area contributed by atoms with Gasteiger partial charge in [-0.15, -0.1) is 0 Å². The van der Waals surface area contributed by atoms with Crippen LogP contribution in [0.15, 0.2) is 0 Å². The van der Waals surface area contributed by atoms with Crippen molar-refractivity contribution < 1.29 is 22.8 Å². The first-order chi connectivity index (χ1) is 11.3. The largest absolute Gasteiger partial charge is 0.471 e. The second-order valence-electron chi connectivity index (χ2n) is 6.62. The Morgan fingerprint density at radius 3 is 2.33 bits per heavy atom. The number of likely N-dealkylation sites (N-methyl/N-ethyl adjacent to an activating group) is 1. The van der Waals surface area contributed by atoms with E-state index in [-0.39, 0.29) is 31.0 Å². The molecule has 0 unspecified atom stereocenters. The van der Waals surface area contributed by atoms with Crippen molar-refractivity contribution >= 4 is 11.8 Å². The molecule has 0 saturated carbocycles. The zero-order valence-corrected chi connectivity index (χ0v) is 14.1. The molecule has 2 saturated heterocycles. The molecule has 0 spiro atoms. The number of hydrogen-bond acceptors (Lipinski definition) is 3. The van der Waals surface area contributed by atoms with E-state index in [2.05, 4.69) is 10.2 Å². The maximum Gasteiger partial charge on any atom is 0.471 e. The number of nitrogens with one attached hydrogen (secondary N) is 1. The third-order valence-electron chi connectivity index (χ3n) is 5.03. The van der Waals surface area contributed by atoms with E-state index in [4.69, 9.17) is 0 Å². The van der Waals surface area contributed by atoms with Crippen molar-refractivity contribution in [2.24, 2.45) is 5.92 Å². The molecular formula is C16H26F3N3O2. The molecule has 2 rings (SSSR count). The minimum atomic E-state index is -4.80. The lowest BCUT2D eigenvalue weighted by atomic mass is 9.96. The molecule has 138 valence electrons. The average molecular weight is 349 g/mol. The SMILES string of the molecule is CCN1CCCC[C@@H]1C(=O)NCC1CCN(C(=O)C(F)(F)F)CC1. The summed E-state index contributed by atoms with van der Waals surface area (Å²) in [7, 11) is 0. The van der Waals surface area contributed by atoms with Crippen molar-refractivity contribution in [3.63, 3.8) is 0 Å². The van der Waals surface area contributed by atoms with Gasteiger partial charge in [-0.2, -0.15) is 13.2 Å². The summed E-state index contributed by atoms with van der Waals surface area (Å²) in [4.78, 5) is 26.6. The van der Waals surface area contributed by atoms with Crippen LogP contribution in [0, 0.1) is 5.92 Å². The number of hydrogen-bond donors (Lipinski definition) is 1. The molecule has 0 radical (unpaired) electrons. The maximum absolute atomic E-state index is 12.4. The summed E-state index contributed by atoms with van der Waals surface area (Å²) in [6, 6.07) is -0.0874. The monoisotopic (exact) mass is 349 g/mol. The van der Waals surface area contributed by atoms with E-state index in [1.807, 2.05) is 6.92 Å².